The van der Waals surface area contributed by atoms with Crippen LogP contribution in [-0.4, -0.2) is 6.26 Å². The van der Waals surface area contributed by atoms with Gasteiger partial charge in [-0.05, 0) is 48.1 Å². The predicted molar refractivity (Wildman–Crippen MR) is 129 cm³/mol. The number of hydrogen-bond acceptors (Lipinski definition) is 3. The van der Waals surface area contributed by atoms with Crippen LogP contribution in [0.25, 0.3) is 6.08 Å². The van der Waals surface area contributed by atoms with E-state index in [2.05, 4.69) is 11.3 Å². The Morgan fingerprint density at radius 3 is 1.89 bits per heavy atom. The molecule has 0 aliphatic heterocycles. The van der Waals surface area contributed by atoms with E-state index in [4.69, 9.17) is 5.73 Å². The van der Waals surface area contributed by atoms with E-state index in [-0.39, 0.29) is 11.9 Å². The van der Waals surface area contributed by atoms with Gasteiger partial charge in [0.25, 0.3) is 0 Å². The molecule has 0 aromatic heterocycles. The number of hydrogen-bond donors (Lipinski definition) is 2. The first-order valence-electron chi connectivity index (χ1n) is 10.3. The lowest BCUT2D eigenvalue weighted by Gasteiger charge is -2.10. The molecule has 0 heterocycles. The molecule has 0 saturated carbocycles. The zero-order valence-electron chi connectivity index (χ0n) is 19.0. The molecule has 0 aliphatic rings. The van der Waals surface area contributed by atoms with Crippen LogP contribution in [-0.2, 0) is 6.42 Å². The standard InChI is InChI=1S/C17H12F5N.C9H12FNS/c1-9(23)2-3-10-4-6-11(7-5-10)8-12-13(18)15(20)17(22)16(21)14(12)19;1-7(11-12-2)8-3-5-9(10)6-4-8/h2-7H,1,8,23H2;3-7,11H,1-2H3/b3-2+;. The van der Waals surface area contributed by atoms with Gasteiger partial charge in [0.05, 0.1) is 0 Å². The number of rotatable bonds is 7. The van der Waals surface area contributed by atoms with E-state index < -0.39 is 41.1 Å². The molecular formula is C26H24F6N2S. The SMILES string of the molecule is C=C(N)/C=C/c1ccc(Cc2c(F)c(F)c(F)c(F)c2F)cc1.CSNC(C)c1ccc(F)cc1. The Bertz CT molecular complexity index is 1150. The van der Waals surface area contributed by atoms with Crippen LogP contribution in [0.2, 0.25) is 0 Å². The smallest absolute Gasteiger partial charge is 0.200 e. The molecule has 3 aromatic rings. The largest absolute Gasteiger partial charge is 0.399 e. The van der Waals surface area contributed by atoms with E-state index in [9.17, 15) is 26.3 Å². The highest BCUT2D eigenvalue weighted by molar-refractivity contribution is 7.96. The summed E-state index contributed by atoms with van der Waals surface area (Å²) in [7, 11) is 0. The van der Waals surface area contributed by atoms with Crippen LogP contribution in [0.15, 0.2) is 66.9 Å². The van der Waals surface area contributed by atoms with Crippen LogP contribution >= 0.6 is 11.9 Å². The minimum Gasteiger partial charge on any atom is -0.399 e. The van der Waals surface area contributed by atoms with E-state index in [1.165, 1.54) is 24.3 Å². The van der Waals surface area contributed by atoms with Gasteiger partial charge in [0.2, 0.25) is 5.82 Å². The Morgan fingerprint density at radius 1 is 0.886 bits per heavy atom. The lowest BCUT2D eigenvalue weighted by Crippen LogP contribution is -2.09. The molecule has 0 radical (unpaired) electrons. The number of allylic oxidation sites excluding steroid dienone is 1. The van der Waals surface area contributed by atoms with Gasteiger partial charge in [-0.25, -0.2) is 26.3 Å². The third-order valence-corrected chi connectivity index (χ3v) is 5.41. The normalized spacial score (nSPS) is 11.8. The van der Waals surface area contributed by atoms with Crippen molar-refractivity contribution in [2.24, 2.45) is 5.73 Å². The second-order valence-electron chi connectivity index (χ2n) is 7.47. The van der Waals surface area contributed by atoms with Crippen LogP contribution in [0.1, 0.15) is 35.2 Å². The Kier molecular flexibility index (Phi) is 10.5. The highest BCUT2D eigenvalue weighted by Gasteiger charge is 2.25. The van der Waals surface area contributed by atoms with Gasteiger partial charge in [0.15, 0.2) is 23.3 Å². The van der Waals surface area contributed by atoms with E-state index in [1.807, 2.05) is 13.2 Å². The van der Waals surface area contributed by atoms with Crippen molar-refractivity contribution < 1.29 is 26.3 Å². The molecule has 0 fully saturated rings. The van der Waals surface area contributed by atoms with Gasteiger partial charge in [-0.1, -0.05) is 61.0 Å². The Balaban J connectivity index is 0.000000303. The summed E-state index contributed by atoms with van der Waals surface area (Å²) in [6.07, 6.45) is 4.79. The Labute approximate surface area is 204 Å². The van der Waals surface area contributed by atoms with Crippen molar-refractivity contribution in [3.05, 3.63) is 124 Å². The molecule has 0 saturated heterocycles. The molecular weight excluding hydrogens is 486 g/mol. The molecule has 0 amide bonds. The van der Waals surface area contributed by atoms with Crippen LogP contribution in [0.4, 0.5) is 26.3 Å². The van der Waals surface area contributed by atoms with Gasteiger partial charge in [-0.2, -0.15) is 0 Å². The van der Waals surface area contributed by atoms with Crippen LogP contribution in [0, 0.1) is 34.9 Å². The number of halogens is 6. The number of nitrogens with one attached hydrogen (secondary N) is 1. The molecule has 0 aliphatic carbocycles. The molecule has 186 valence electrons. The van der Waals surface area contributed by atoms with Gasteiger partial charge in [0, 0.05) is 23.7 Å². The third kappa shape index (κ3) is 7.93. The van der Waals surface area contributed by atoms with Crippen molar-refractivity contribution in [1.82, 2.24) is 4.72 Å². The first kappa shape index (κ1) is 28.1. The second kappa shape index (κ2) is 13.1. The summed E-state index contributed by atoms with van der Waals surface area (Å²) in [5.74, 6) is -9.87. The average molecular weight is 511 g/mol. The number of benzene rings is 3. The molecule has 3 aromatic carbocycles. The first-order valence-corrected chi connectivity index (χ1v) is 11.5. The fourth-order valence-corrected chi connectivity index (χ4v) is 3.45. The minimum atomic E-state index is -2.16. The maximum atomic E-state index is 13.6. The molecule has 0 spiro atoms. The summed E-state index contributed by atoms with van der Waals surface area (Å²) in [5, 5.41) is 0. The summed E-state index contributed by atoms with van der Waals surface area (Å²) in [6.45, 7) is 5.54. The minimum absolute atomic E-state index is 0.185. The van der Waals surface area contributed by atoms with Crippen molar-refractivity contribution in [1.29, 1.82) is 0 Å². The van der Waals surface area contributed by atoms with E-state index >= 15 is 0 Å². The zero-order valence-corrected chi connectivity index (χ0v) is 19.8. The number of nitrogens with two attached hydrogens (primary N) is 1. The van der Waals surface area contributed by atoms with Crippen LogP contribution in [0.5, 0.6) is 0 Å². The van der Waals surface area contributed by atoms with Gasteiger partial charge in [-0.3, -0.25) is 4.72 Å². The first-order chi connectivity index (χ1) is 16.5. The molecule has 1 unspecified atom stereocenters. The van der Waals surface area contributed by atoms with Crippen LogP contribution in [0.3, 0.4) is 0 Å². The maximum absolute atomic E-state index is 13.6. The molecule has 3 rings (SSSR count). The fourth-order valence-electron chi connectivity index (χ4n) is 2.96. The quantitative estimate of drug-likeness (QED) is 0.116. The van der Waals surface area contributed by atoms with Crippen molar-refractivity contribution >= 4 is 18.0 Å². The van der Waals surface area contributed by atoms with Crippen LogP contribution < -0.4 is 10.5 Å². The third-order valence-electron chi connectivity index (χ3n) is 4.82. The predicted octanol–water partition coefficient (Wildman–Crippen LogP) is 7.21. The lowest BCUT2D eigenvalue weighted by molar-refractivity contribution is 0.371. The second-order valence-corrected chi connectivity index (χ2v) is 8.11. The molecule has 9 heteroatoms. The van der Waals surface area contributed by atoms with Gasteiger partial charge >= 0.3 is 0 Å². The van der Waals surface area contributed by atoms with E-state index in [0.29, 0.717) is 11.3 Å². The summed E-state index contributed by atoms with van der Waals surface area (Å²) in [6, 6.07) is 13.1. The topological polar surface area (TPSA) is 38.0 Å². The van der Waals surface area contributed by atoms with Gasteiger partial charge in [-0.15, -0.1) is 0 Å². The summed E-state index contributed by atoms with van der Waals surface area (Å²) in [5.41, 5.74) is 7.13. The summed E-state index contributed by atoms with van der Waals surface area (Å²) >= 11 is 1.57. The van der Waals surface area contributed by atoms with Crippen molar-refractivity contribution in [2.75, 3.05) is 6.26 Å². The monoisotopic (exact) mass is 510 g/mol. The van der Waals surface area contributed by atoms with E-state index in [1.54, 1.807) is 48.4 Å². The summed E-state index contributed by atoms with van der Waals surface area (Å²) < 4.78 is 82.2. The zero-order chi connectivity index (χ0) is 26.1. The van der Waals surface area contributed by atoms with Crippen molar-refractivity contribution in [3.63, 3.8) is 0 Å². The van der Waals surface area contributed by atoms with E-state index in [0.717, 1.165) is 11.1 Å². The Hall–Kier alpha value is -3.17. The molecule has 2 nitrogen and oxygen atoms in total. The molecule has 3 N–H and O–H groups in total. The van der Waals surface area contributed by atoms with Crippen molar-refractivity contribution in [2.45, 2.75) is 19.4 Å². The van der Waals surface area contributed by atoms with Gasteiger partial charge < -0.3 is 5.73 Å². The molecule has 35 heavy (non-hydrogen) atoms. The fraction of sp³-hybridized carbons (Fsp3) is 0.154. The molecule has 1 atom stereocenters. The summed E-state index contributed by atoms with van der Waals surface area (Å²) in [4.78, 5) is 0. The highest BCUT2D eigenvalue weighted by atomic mass is 32.2. The molecule has 0 bridgehead atoms. The lowest BCUT2D eigenvalue weighted by atomic mass is 10.0. The maximum Gasteiger partial charge on any atom is 0.200 e. The van der Waals surface area contributed by atoms with Gasteiger partial charge in [0.1, 0.15) is 5.82 Å². The Morgan fingerprint density at radius 2 is 1.40 bits per heavy atom. The van der Waals surface area contributed by atoms with Crippen molar-refractivity contribution in [3.8, 4) is 0 Å². The highest BCUT2D eigenvalue weighted by Crippen LogP contribution is 2.25. The average Bonchev–Trinajstić information content (AvgIpc) is 2.84.